The number of rotatable bonds is 3. The third kappa shape index (κ3) is 2.41. The molecule has 1 saturated carbocycles. The summed E-state index contributed by atoms with van der Waals surface area (Å²) in [6.45, 7) is 0.198. The van der Waals surface area contributed by atoms with Crippen LogP contribution in [0.25, 0.3) is 0 Å². The Morgan fingerprint density at radius 3 is 2.72 bits per heavy atom. The molecule has 1 aliphatic carbocycles. The number of carboxylic acids is 1. The quantitative estimate of drug-likeness (QED) is 0.773. The second-order valence-corrected chi connectivity index (χ2v) is 5.82. The molecule has 0 bridgehead atoms. The van der Waals surface area contributed by atoms with Crippen molar-refractivity contribution in [2.24, 2.45) is 5.92 Å². The number of hydrogen-bond donors (Lipinski definition) is 1. The number of aliphatic carboxylic acids is 1. The molecule has 2 atom stereocenters. The highest BCUT2D eigenvalue weighted by Gasteiger charge is 2.48. The van der Waals surface area contributed by atoms with E-state index >= 15 is 0 Å². The van der Waals surface area contributed by atoms with Gasteiger partial charge in [0.15, 0.2) is 0 Å². The largest absolute Gasteiger partial charge is 0.480 e. The molecule has 1 heterocycles. The van der Waals surface area contributed by atoms with Crippen LogP contribution in [0.3, 0.4) is 0 Å². The fourth-order valence-electron chi connectivity index (χ4n) is 2.11. The zero-order chi connectivity index (χ0) is 13.3. The summed E-state index contributed by atoms with van der Waals surface area (Å²) >= 11 is 1.57. The highest BCUT2D eigenvalue weighted by molar-refractivity contribution is 8.00. The molecule has 0 aromatic heterocycles. The summed E-state index contributed by atoms with van der Waals surface area (Å²) in [5.41, 5.74) is 0. The van der Waals surface area contributed by atoms with Crippen LogP contribution in [-0.2, 0) is 4.79 Å². The Morgan fingerprint density at radius 1 is 1.56 bits per heavy atom. The van der Waals surface area contributed by atoms with E-state index in [-0.39, 0.29) is 17.9 Å². The number of terminal acetylenes is 1. The SMILES string of the molecule is C#CCN(C)C(=O)N1C(C(=O)O)CSC1C1CC1. The molecule has 98 valence electrons. The highest BCUT2D eigenvalue weighted by Crippen LogP contribution is 2.45. The Balaban J connectivity index is 2.15. The summed E-state index contributed by atoms with van der Waals surface area (Å²) in [5.74, 6) is 2.37. The first-order valence-corrected chi connectivity index (χ1v) is 6.92. The molecule has 6 heteroatoms. The van der Waals surface area contributed by atoms with Gasteiger partial charge in [0.05, 0.1) is 11.9 Å². The molecule has 0 spiro atoms. The topological polar surface area (TPSA) is 60.9 Å². The summed E-state index contributed by atoms with van der Waals surface area (Å²) in [6, 6.07) is -1.00. The van der Waals surface area contributed by atoms with Gasteiger partial charge < -0.3 is 10.0 Å². The Labute approximate surface area is 111 Å². The van der Waals surface area contributed by atoms with E-state index in [1.54, 1.807) is 18.8 Å². The predicted molar refractivity (Wildman–Crippen MR) is 69.1 cm³/mol. The van der Waals surface area contributed by atoms with Gasteiger partial charge in [0, 0.05) is 12.8 Å². The molecule has 5 nitrogen and oxygen atoms in total. The third-order valence-electron chi connectivity index (χ3n) is 3.22. The first-order chi connectivity index (χ1) is 8.56. The Hall–Kier alpha value is -1.35. The second kappa shape index (κ2) is 5.11. The lowest BCUT2D eigenvalue weighted by Gasteiger charge is -2.30. The van der Waals surface area contributed by atoms with Crippen molar-refractivity contribution < 1.29 is 14.7 Å². The van der Waals surface area contributed by atoms with Crippen LogP contribution in [0.15, 0.2) is 0 Å². The second-order valence-electron chi connectivity index (χ2n) is 4.67. The molecular formula is C12H16N2O3S. The van der Waals surface area contributed by atoms with Crippen molar-refractivity contribution in [2.75, 3.05) is 19.3 Å². The summed E-state index contributed by atoms with van der Waals surface area (Å²) < 4.78 is 0. The number of amides is 2. The molecule has 2 unspecified atom stereocenters. The van der Waals surface area contributed by atoms with Gasteiger partial charge in [-0.2, -0.15) is 0 Å². The van der Waals surface area contributed by atoms with E-state index in [1.807, 2.05) is 0 Å². The molecule has 1 N–H and O–H groups in total. The van der Waals surface area contributed by atoms with E-state index in [0.29, 0.717) is 11.7 Å². The summed E-state index contributed by atoms with van der Waals surface area (Å²) in [7, 11) is 1.61. The maximum absolute atomic E-state index is 12.3. The average molecular weight is 268 g/mol. The standard InChI is InChI=1S/C12H16N2O3S/c1-3-6-13(2)12(17)14-9(11(15)16)7-18-10(14)8-4-5-8/h1,8-10H,4-7H2,2H3,(H,15,16). The molecule has 1 saturated heterocycles. The van der Waals surface area contributed by atoms with Crippen molar-refractivity contribution in [1.82, 2.24) is 9.80 Å². The van der Waals surface area contributed by atoms with Gasteiger partial charge in [-0.25, -0.2) is 9.59 Å². The summed E-state index contributed by atoms with van der Waals surface area (Å²) in [5, 5.41) is 9.20. The van der Waals surface area contributed by atoms with Gasteiger partial charge in [0.2, 0.25) is 0 Å². The van der Waals surface area contributed by atoms with Crippen LogP contribution >= 0.6 is 11.8 Å². The Bertz CT molecular complexity index is 403. The van der Waals surface area contributed by atoms with Crippen molar-refractivity contribution >= 4 is 23.8 Å². The first kappa shape index (κ1) is 13.1. The van der Waals surface area contributed by atoms with Gasteiger partial charge in [-0.1, -0.05) is 5.92 Å². The smallest absolute Gasteiger partial charge is 0.327 e. The minimum Gasteiger partial charge on any atom is -0.480 e. The summed E-state index contributed by atoms with van der Waals surface area (Å²) in [6.07, 6.45) is 7.34. The average Bonchev–Trinajstić information content (AvgIpc) is 3.07. The lowest BCUT2D eigenvalue weighted by molar-refractivity contribution is -0.141. The lowest BCUT2D eigenvalue weighted by Crippen LogP contribution is -2.51. The van der Waals surface area contributed by atoms with Crippen LogP contribution < -0.4 is 0 Å². The first-order valence-electron chi connectivity index (χ1n) is 5.87. The highest BCUT2D eigenvalue weighted by atomic mass is 32.2. The summed E-state index contributed by atoms with van der Waals surface area (Å²) in [4.78, 5) is 26.4. The molecule has 2 aliphatic rings. The minimum absolute atomic E-state index is 0.00109. The molecule has 0 radical (unpaired) electrons. The van der Waals surface area contributed by atoms with Crippen LogP contribution in [0.4, 0.5) is 4.79 Å². The monoisotopic (exact) mass is 268 g/mol. The van der Waals surface area contributed by atoms with Gasteiger partial charge in [0.1, 0.15) is 6.04 Å². The van der Waals surface area contributed by atoms with Gasteiger partial charge in [-0.15, -0.1) is 18.2 Å². The number of urea groups is 1. The molecule has 0 aromatic rings. The lowest BCUT2D eigenvalue weighted by atomic mass is 10.2. The molecule has 2 rings (SSSR count). The number of carboxylic acid groups (broad SMARTS) is 1. The van der Waals surface area contributed by atoms with Crippen molar-refractivity contribution in [2.45, 2.75) is 24.3 Å². The van der Waals surface area contributed by atoms with E-state index < -0.39 is 12.0 Å². The van der Waals surface area contributed by atoms with Crippen molar-refractivity contribution in [1.29, 1.82) is 0 Å². The fourth-order valence-corrected chi connectivity index (χ4v) is 3.73. The van der Waals surface area contributed by atoms with Crippen LogP contribution in [0.1, 0.15) is 12.8 Å². The van der Waals surface area contributed by atoms with Crippen LogP contribution in [0.5, 0.6) is 0 Å². The molecular weight excluding hydrogens is 252 g/mol. The Kier molecular flexibility index (Phi) is 3.71. The van der Waals surface area contributed by atoms with Crippen LogP contribution in [0.2, 0.25) is 0 Å². The molecule has 0 aromatic carbocycles. The zero-order valence-electron chi connectivity index (χ0n) is 10.2. The maximum Gasteiger partial charge on any atom is 0.327 e. The van der Waals surface area contributed by atoms with Gasteiger partial charge in [-0.3, -0.25) is 4.90 Å². The van der Waals surface area contributed by atoms with Crippen LogP contribution in [-0.4, -0.2) is 57.7 Å². The van der Waals surface area contributed by atoms with Crippen molar-refractivity contribution in [3.8, 4) is 12.3 Å². The van der Waals surface area contributed by atoms with E-state index in [2.05, 4.69) is 5.92 Å². The van der Waals surface area contributed by atoms with Gasteiger partial charge in [0.25, 0.3) is 0 Å². The normalized spacial score (nSPS) is 26.8. The number of hydrogen-bond acceptors (Lipinski definition) is 3. The number of carbonyl (C=O) groups is 2. The molecule has 1 aliphatic heterocycles. The zero-order valence-corrected chi connectivity index (χ0v) is 11.0. The van der Waals surface area contributed by atoms with Crippen LogP contribution in [0, 0.1) is 18.3 Å². The predicted octanol–water partition coefficient (Wildman–Crippen LogP) is 0.910. The van der Waals surface area contributed by atoms with Crippen molar-refractivity contribution in [3.63, 3.8) is 0 Å². The van der Waals surface area contributed by atoms with E-state index in [1.165, 1.54) is 9.80 Å². The minimum atomic E-state index is -0.937. The molecule has 2 amide bonds. The van der Waals surface area contributed by atoms with Gasteiger partial charge in [-0.05, 0) is 18.8 Å². The maximum atomic E-state index is 12.3. The number of nitrogens with zero attached hydrogens (tertiary/aromatic N) is 2. The molecule has 2 fully saturated rings. The van der Waals surface area contributed by atoms with Crippen molar-refractivity contribution in [3.05, 3.63) is 0 Å². The number of thioether (sulfide) groups is 1. The third-order valence-corrected chi connectivity index (χ3v) is 4.68. The fraction of sp³-hybridized carbons (Fsp3) is 0.667. The van der Waals surface area contributed by atoms with E-state index in [0.717, 1.165) is 12.8 Å². The van der Waals surface area contributed by atoms with E-state index in [4.69, 9.17) is 6.42 Å². The van der Waals surface area contributed by atoms with Gasteiger partial charge >= 0.3 is 12.0 Å². The molecule has 18 heavy (non-hydrogen) atoms. The Morgan fingerprint density at radius 2 is 2.22 bits per heavy atom. The number of carbonyl (C=O) groups excluding carboxylic acids is 1. The van der Waals surface area contributed by atoms with E-state index in [9.17, 15) is 14.7 Å².